The Kier molecular flexibility index (Phi) is 4.70. The standard InChI is InChI=1S/C19H16FNO3/c1-2-11-23-17-10-6-3-7-13(17)12-16-19(22)24-18(21-16)14-8-4-5-9-15(14)20/h3-10,12H,2,11H2,1H3/b16-12+. The third-order valence-corrected chi connectivity index (χ3v) is 3.40. The van der Waals surface area contributed by atoms with Gasteiger partial charge in [-0.3, -0.25) is 0 Å². The van der Waals surface area contributed by atoms with Crippen LogP contribution in [0.1, 0.15) is 24.5 Å². The summed E-state index contributed by atoms with van der Waals surface area (Å²) in [6.07, 6.45) is 2.46. The summed E-state index contributed by atoms with van der Waals surface area (Å²) in [6, 6.07) is 13.4. The monoisotopic (exact) mass is 325 g/mol. The van der Waals surface area contributed by atoms with Gasteiger partial charge in [0.05, 0.1) is 12.2 Å². The zero-order chi connectivity index (χ0) is 16.9. The van der Waals surface area contributed by atoms with E-state index in [9.17, 15) is 9.18 Å². The Bertz CT molecular complexity index is 827. The van der Waals surface area contributed by atoms with Crippen LogP contribution in [0.15, 0.2) is 59.2 Å². The highest BCUT2D eigenvalue weighted by molar-refractivity contribution is 6.13. The Morgan fingerprint density at radius 1 is 1.17 bits per heavy atom. The van der Waals surface area contributed by atoms with Gasteiger partial charge >= 0.3 is 5.97 Å². The SMILES string of the molecule is CCCOc1ccccc1/C=C1/N=C(c2ccccc2F)OC1=O. The van der Waals surface area contributed by atoms with Crippen molar-refractivity contribution in [3.05, 3.63) is 71.2 Å². The lowest BCUT2D eigenvalue weighted by Crippen LogP contribution is -2.07. The van der Waals surface area contributed by atoms with E-state index in [1.807, 2.05) is 31.2 Å². The van der Waals surface area contributed by atoms with Crippen LogP contribution in [0.5, 0.6) is 5.75 Å². The Labute approximate surface area is 139 Å². The third kappa shape index (κ3) is 3.35. The summed E-state index contributed by atoms with van der Waals surface area (Å²) in [5.41, 5.74) is 0.988. The maximum atomic E-state index is 13.8. The molecule has 0 saturated carbocycles. The third-order valence-electron chi connectivity index (χ3n) is 3.40. The number of carbonyl (C=O) groups is 1. The van der Waals surface area contributed by atoms with Crippen molar-refractivity contribution in [2.45, 2.75) is 13.3 Å². The van der Waals surface area contributed by atoms with Gasteiger partial charge in [-0.05, 0) is 30.7 Å². The molecule has 0 bridgehead atoms. The minimum absolute atomic E-state index is 0.0312. The van der Waals surface area contributed by atoms with Crippen molar-refractivity contribution in [1.29, 1.82) is 0 Å². The quantitative estimate of drug-likeness (QED) is 0.617. The van der Waals surface area contributed by atoms with Crippen molar-refractivity contribution in [3.63, 3.8) is 0 Å². The van der Waals surface area contributed by atoms with E-state index in [1.165, 1.54) is 12.1 Å². The van der Waals surface area contributed by atoms with Gasteiger partial charge in [-0.25, -0.2) is 14.2 Å². The van der Waals surface area contributed by atoms with Crippen LogP contribution in [0.3, 0.4) is 0 Å². The average Bonchev–Trinajstić information content (AvgIpc) is 2.95. The van der Waals surface area contributed by atoms with Crippen LogP contribution in [-0.4, -0.2) is 18.5 Å². The molecule has 1 aliphatic rings. The number of halogens is 1. The summed E-state index contributed by atoms with van der Waals surface area (Å²) >= 11 is 0. The molecular formula is C19H16FNO3. The fourth-order valence-corrected chi connectivity index (χ4v) is 2.25. The molecule has 3 rings (SSSR count). The Morgan fingerprint density at radius 2 is 1.92 bits per heavy atom. The average molecular weight is 325 g/mol. The maximum Gasteiger partial charge on any atom is 0.363 e. The highest BCUT2D eigenvalue weighted by Gasteiger charge is 2.26. The van der Waals surface area contributed by atoms with Crippen LogP contribution in [-0.2, 0) is 9.53 Å². The van der Waals surface area contributed by atoms with E-state index in [4.69, 9.17) is 9.47 Å². The molecule has 122 valence electrons. The number of carbonyl (C=O) groups excluding carboxylic acids is 1. The number of benzene rings is 2. The van der Waals surface area contributed by atoms with Crippen molar-refractivity contribution < 1.29 is 18.7 Å². The minimum atomic E-state index is -0.612. The first kappa shape index (κ1) is 15.9. The van der Waals surface area contributed by atoms with Crippen molar-refractivity contribution >= 4 is 17.9 Å². The van der Waals surface area contributed by atoms with Gasteiger partial charge in [-0.15, -0.1) is 0 Å². The Balaban J connectivity index is 1.94. The van der Waals surface area contributed by atoms with Crippen molar-refractivity contribution in [2.24, 2.45) is 4.99 Å². The van der Waals surface area contributed by atoms with Gasteiger partial charge in [0.1, 0.15) is 11.6 Å². The molecular weight excluding hydrogens is 309 g/mol. The number of aliphatic imine (C=N–C) groups is 1. The highest BCUT2D eigenvalue weighted by atomic mass is 19.1. The van der Waals surface area contributed by atoms with E-state index in [2.05, 4.69) is 4.99 Å². The van der Waals surface area contributed by atoms with Gasteiger partial charge in [0.2, 0.25) is 5.90 Å². The Hall–Kier alpha value is -2.95. The molecule has 0 radical (unpaired) electrons. The van der Waals surface area contributed by atoms with E-state index in [0.717, 1.165) is 12.0 Å². The van der Waals surface area contributed by atoms with Gasteiger partial charge in [0.15, 0.2) is 5.70 Å². The van der Waals surface area contributed by atoms with Gasteiger partial charge in [0, 0.05) is 5.56 Å². The van der Waals surface area contributed by atoms with Gasteiger partial charge in [0.25, 0.3) is 0 Å². The summed E-state index contributed by atoms with van der Waals surface area (Å²) in [5.74, 6) is -0.471. The number of esters is 1. The molecule has 24 heavy (non-hydrogen) atoms. The van der Waals surface area contributed by atoms with Crippen LogP contribution in [0, 0.1) is 5.82 Å². The van der Waals surface area contributed by atoms with Crippen LogP contribution >= 0.6 is 0 Å². The fraction of sp³-hybridized carbons (Fsp3) is 0.158. The number of hydrogen-bond acceptors (Lipinski definition) is 4. The number of hydrogen-bond donors (Lipinski definition) is 0. The molecule has 0 N–H and O–H groups in total. The summed E-state index contributed by atoms with van der Waals surface area (Å²) in [6.45, 7) is 2.59. The van der Waals surface area contributed by atoms with Gasteiger partial charge in [-0.2, -0.15) is 0 Å². The summed E-state index contributed by atoms with van der Waals surface area (Å²) < 4.78 is 24.6. The smallest absolute Gasteiger partial charge is 0.363 e. The lowest BCUT2D eigenvalue weighted by molar-refractivity contribution is -0.129. The number of ether oxygens (including phenoxy) is 2. The topological polar surface area (TPSA) is 47.9 Å². The van der Waals surface area contributed by atoms with E-state index in [-0.39, 0.29) is 17.2 Å². The number of para-hydroxylation sites is 1. The molecule has 0 atom stereocenters. The predicted molar refractivity (Wildman–Crippen MR) is 89.2 cm³/mol. The molecule has 0 amide bonds. The second-order valence-electron chi connectivity index (χ2n) is 5.20. The molecule has 0 saturated heterocycles. The zero-order valence-corrected chi connectivity index (χ0v) is 13.2. The zero-order valence-electron chi connectivity index (χ0n) is 13.2. The second kappa shape index (κ2) is 7.08. The maximum absolute atomic E-state index is 13.8. The first-order valence-electron chi connectivity index (χ1n) is 7.68. The van der Waals surface area contributed by atoms with Crippen molar-refractivity contribution in [3.8, 4) is 5.75 Å². The Morgan fingerprint density at radius 3 is 2.71 bits per heavy atom. The molecule has 0 aromatic heterocycles. The van der Waals surface area contributed by atoms with E-state index in [0.29, 0.717) is 12.4 Å². The lowest BCUT2D eigenvalue weighted by atomic mass is 10.1. The molecule has 5 heteroatoms. The van der Waals surface area contributed by atoms with E-state index < -0.39 is 11.8 Å². The van der Waals surface area contributed by atoms with Crippen LogP contribution in [0.25, 0.3) is 6.08 Å². The summed E-state index contributed by atoms with van der Waals surface area (Å²) in [4.78, 5) is 16.2. The number of rotatable bonds is 5. The number of cyclic esters (lactones) is 1. The van der Waals surface area contributed by atoms with Crippen LogP contribution in [0.4, 0.5) is 4.39 Å². The molecule has 2 aromatic carbocycles. The first-order chi connectivity index (χ1) is 11.7. The van der Waals surface area contributed by atoms with Gasteiger partial charge in [-0.1, -0.05) is 37.3 Å². The van der Waals surface area contributed by atoms with Crippen LogP contribution in [0.2, 0.25) is 0 Å². The second-order valence-corrected chi connectivity index (χ2v) is 5.20. The van der Waals surface area contributed by atoms with Crippen molar-refractivity contribution in [1.82, 2.24) is 0 Å². The summed E-state index contributed by atoms with van der Waals surface area (Å²) in [5, 5.41) is 0. The van der Waals surface area contributed by atoms with Crippen LogP contribution < -0.4 is 4.74 Å². The fourth-order valence-electron chi connectivity index (χ4n) is 2.25. The molecule has 4 nitrogen and oxygen atoms in total. The van der Waals surface area contributed by atoms with Crippen molar-refractivity contribution in [2.75, 3.05) is 6.61 Å². The lowest BCUT2D eigenvalue weighted by Gasteiger charge is -2.07. The molecule has 0 unspecified atom stereocenters. The molecule has 1 heterocycles. The van der Waals surface area contributed by atoms with Gasteiger partial charge < -0.3 is 9.47 Å². The molecule has 0 aliphatic carbocycles. The first-order valence-corrected chi connectivity index (χ1v) is 7.68. The molecule has 1 aliphatic heterocycles. The predicted octanol–water partition coefficient (Wildman–Crippen LogP) is 3.96. The minimum Gasteiger partial charge on any atom is -0.493 e. The summed E-state index contributed by atoms with van der Waals surface area (Å²) in [7, 11) is 0. The molecule has 0 spiro atoms. The molecule has 2 aromatic rings. The van der Waals surface area contributed by atoms with E-state index in [1.54, 1.807) is 18.2 Å². The highest BCUT2D eigenvalue weighted by Crippen LogP contribution is 2.25. The number of nitrogens with zero attached hydrogens (tertiary/aromatic N) is 1. The van der Waals surface area contributed by atoms with E-state index >= 15 is 0 Å². The normalized spacial score (nSPS) is 15.3. The largest absolute Gasteiger partial charge is 0.493 e. The molecule has 0 fully saturated rings.